The number of benzene rings is 1. The predicted octanol–water partition coefficient (Wildman–Crippen LogP) is 2.70. The van der Waals surface area contributed by atoms with E-state index >= 15 is 0 Å². The highest BCUT2D eigenvalue weighted by molar-refractivity contribution is 5.97. The van der Waals surface area contributed by atoms with Crippen LogP contribution in [0.5, 0.6) is 0 Å². The fraction of sp³-hybridized carbons (Fsp3) is 0.462. The molecular formula is C13H18FNO. The van der Waals surface area contributed by atoms with Gasteiger partial charge in [-0.15, -0.1) is 0 Å². The molecule has 0 spiro atoms. The van der Waals surface area contributed by atoms with Gasteiger partial charge in [-0.05, 0) is 43.5 Å². The van der Waals surface area contributed by atoms with Crippen LogP contribution in [0.4, 0.5) is 4.39 Å². The van der Waals surface area contributed by atoms with E-state index in [0.717, 1.165) is 5.56 Å². The van der Waals surface area contributed by atoms with E-state index in [0.29, 0.717) is 24.8 Å². The average Bonchev–Trinajstić information content (AvgIpc) is 2.25. The molecule has 0 bridgehead atoms. The van der Waals surface area contributed by atoms with Gasteiger partial charge in [0.2, 0.25) is 0 Å². The molecule has 0 fully saturated rings. The number of carbonyl (C=O) groups excluding carboxylic acids is 1. The molecule has 1 rings (SSSR count). The minimum Gasteiger partial charge on any atom is -0.328 e. The van der Waals surface area contributed by atoms with E-state index in [2.05, 4.69) is 0 Å². The topological polar surface area (TPSA) is 43.1 Å². The molecule has 88 valence electrons. The van der Waals surface area contributed by atoms with Crippen molar-refractivity contribution in [2.24, 2.45) is 5.73 Å². The molecule has 0 aromatic heterocycles. The molecule has 0 aliphatic heterocycles. The lowest BCUT2D eigenvalue weighted by molar-refractivity contribution is 0.0977. The summed E-state index contributed by atoms with van der Waals surface area (Å²) >= 11 is 0. The molecule has 0 amide bonds. The van der Waals surface area contributed by atoms with Crippen LogP contribution in [-0.4, -0.2) is 11.8 Å². The number of hydrogen-bond donors (Lipinski definition) is 1. The Morgan fingerprint density at radius 3 is 2.75 bits per heavy atom. The van der Waals surface area contributed by atoms with Gasteiger partial charge < -0.3 is 5.73 Å². The number of Topliss-reactive ketones (excluding diaryl/α,β-unsaturated/α-hetero) is 1. The molecule has 1 aromatic rings. The molecule has 16 heavy (non-hydrogen) atoms. The van der Waals surface area contributed by atoms with E-state index in [9.17, 15) is 9.18 Å². The molecule has 1 atom stereocenters. The first-order valence-electron chi connectivity index (χ1n) is 5.61. The first-order valence-corrected chi connectivity index (χ1v) is 5.61. The van der Waals surface area contributed by atoms with Gasteiger partial charge in [0, 0.05) is 18.0 Å². The summed E-state index contributed by atoms with van der Waals surface area (Å²) in [6.45, 7) is 3.79. The standard InChI is InChI=1S/C13H18FNO/c1-3-10-8-11(14)5-6-12(10)13(16)7-4-9(2)15/h5-6,8-9H,3-4,7,15H2,1-2H3. The number of hydrogen-bond acceptors (Lipinski definition) is 2. The van der Waals surface area contributed by atoms with E-state index in [1.54, 1.807) is 6.07 Å². The zero-order valence-electron chi connectivity index (χ0n) is 9.79. The summed E-state index contributed by atoms with van der Waals surface area (Å²) < 4.78 is 13.0. The summed E-state index contributed by atoms with van der Waals surface area (Å²) in [6.07, 6.45) is 1.76. The van der Waals surface area contributed by atoms with Crippen molar-refractivity contribution >= 4 is 5.78 Å². The van der Waals surface area contributed by atoms with Gasteiger partial charge in [0.25, 0.3) is 0 Å². The molecule has 1 unspecified atom stereocenters. The lowest BCUT2D eigenvalue weighted by Gasteiger charge is -2.08. The van der Waals surface area contributed by atoms with Crippen molar-refractivity contribution in [3.05, 3.63) is 35.1 Å². The van der Waals surface area contributed by atoms with E-state index in [1.807, 2.05) is 13.8 Å². The van der Waals surface area contributed by atoms with Crippen LogP contribution in [0.3, 0.4) is 0 Å². The van der Waals surface area contributed by atoms with Gasteiger partial charge in [0.1, 0.15) is 5.82 Å². The minimum atomic E-state index is -0.291. The second kappa shape index (κ2) is 5.75. The summed E-state index contributed by atoms with van der Waals surface area (Å²) in [6, 6.07) is 4.35. The number of carbonyl (C=O) groups is 1. The maximum atomic E-state index is 13.0. The van der Waals surface area contributed by atoms with Crippen molar-refractivity contribution in [2.45, 2.75) is 39.2 Å². The Hall–Kier alpha value is -1.22. The molecule has 0 radical (unpaired) electrons. The fourth-order valence-corrected chi connectivity index (χ4v) is 1.62. The molecule has 1 aromatic carbocycles. The van der Waals surface area contributed by atoms with E-state index < -0.39 is 0 Å². The fourth-order valence-electron chi connectivity index (χ4n) is 1.62. The van der Waals surface area contributed by atoms with Crippen LogP contribution in [0.2, 0.25) is 0 Å². The largest absolute Gasteiger partial charge is 0.328 e. The monoisotopic (exact) mass is 223 g/mol. The molecule has 0 aliphatic rings. The van der Waals surface area contributed by atoms with E-state index in [4.69, 9.17) is 5.73 Å². The Kier molecular flexibility index (Phi) is 4.62. The summed E-state index contributed by atoms with van der Waals surface area (Å²) in [5.41, 5.74) is 7.00. The molecule has 0 heterocycles. The van der Waals surface area contributed by atoms with Gasteiger partial charge in [0.05, 0.1) is 0 Å². The first-order chi connectivity index (χ1) is 7.54. The van der Waals surface area contributed by atoms with Gasteiger partial charge in [-0.2, -0.15) is 0 Å². The van der Waals surface area contributed by atoms with Crippen LogP contribution in [0.15, 0.2) is 18.2 Å². The normalized spacial score (nSPS) is 12.5. The van der Waals surface area contributed by atoms with Crippen molar-refractivity contribution in [1.29, 1.82) is 0 Å². The van der Waals surface area contributed by atoms with Crippen molar-refractivity contribution in [1.82, 2.24) is 0 Å². The lowest BCUT2D eigenvalue weighted by Crippen LogP contribution is -2.16. The van der Waals surface area contributed by atoms with Crippen LogP contribution >= 0.6 is 0 Å². The van der Waals surface area contributed by atoms with Crippen LogP contribution in [-0.2, 0) is 6.42 Å². The van der Waals surface area contributed by atoms with E-state index in [-0.39, 0.29) is 17.6 Å². The zero-order valence-corrected chi connectivity index (χ0v) is 9.79. The smallest absolute Gasteiger partial charge is 0.163 e. The average molecular weight is 223 g/mol. The Morgan fingerprint density at radius 1 is 1.50 bits per heavy atom. The molecule has 0 aliphatic carbocycles. The highest BCUT2D eigenvalue weighted by Crippen LogP contribution is 2.15. The quantitative estimate of drug-likeness (QED) is 0.780. The summed E-state index contributed by atoms with van der Waals surface area (Å²) in [4.78, 5) is 11.9. The second-order valence-electron chi connectivity index (χ2n) is 4.09. The highest BCUT2D eigenvalue weighted by atomic mass is 19.1. The van der Waals surface area contributed by atoms with Gasteiger partial charge in [-0.3, -0.25) is 4.79 Å². The molecular weight excluding hydrogens is 205 g/mol. The van der Waals surface area contributed by atoms with Crippen molar-refractivity contribution in [2.75, 3.05) is 0 Å². The maximum absolute atomic E-state index is 13.0. The third-order valence-corrected chi connectivity index (χ3v) is 2.58. The summed E-state index contributed by atoms with van der Waals surface area (Å²) in [7, 11) is 0. The first kappa shape index (κ1) is 12.8. The number of rotatable bonds is 5. The van der Waals surface area contributed by atoms with Gasteiger partial charge in [-0.25, -0.2) is 4.39 Å². The highest BCUT2D eigenvalue weighted by Gasteiger charge is 2.11. The SMILES string of the molecule is CCc1cc(F)ccc1C(=O)CCC(C)N. The molecule has 0 saturated heterocycles. The van der Waals surface area contributed by atoms with Crippen molar-refractivity contribution in [3.8, 4) is 0 Å². The number of halogens is 1. The lowest BCUT2D eigenvalue weighted by atomic mass is 9.98. The van der Waals surface area contributed by atoms with Gasteiger partial charge in [0.15, 0.2) is 5.78 Å². The number of ketones is 1. The summed E-state index contributed by atoms with van der Waals surface area (Å²) in [5, 5.41) is 0. The number of nitrogens with two attached hydrogens (primary N) is 1. The second-order valence-corrected chi connectivity index (χ2v) is 4.09. The Morgan fingerprint density at radius 2 is 2.19 bits per heavy atom. The molecule has 2 N–H and O–H groups in total. The van der Waals surface area contributed by atoms with Crippen LogP contribution in [0.25, 0.3) is 0 Å². The van der Waals surface area contributed by atoms with Crippen LogP contribution in [0, 0.1) is 5.82 Å². The zero-order chi connectivity index (χ0) is 12.1. The molecule has 3 heteroatoms. The molecule has 0 saturated carbocycles. The third kappa shape index (κ3) is 3.42. The Balaban J connectivity index is 2.82. The van der Waals surface area contributed by atoms with Crippen molar-refractivity contribution < 1.29 is 9.18 Å². The van der Waals surface area contributed by atoms with Crippen molar-refractivity contribution in [3.63, 3.8) is 0 Å². The number of aryl methyl sites for hydroxylation is 1. The van der Waals surface area contributed by atoms with Gasteiger partial charge in [-0.1, -0.05) is 6.92 Å². The van der Waals surface area contributed by atoms with Gasteiger partial charge >= 0.3 is 0 Å². The Labute approximate surface area is 95.7 Å². The third-order valence-electron chi connectivity index (χ3n) is 2.58. The maximum Gasteiger partial charge on any atom is 0.163 e. The predicted molar refractivity (Wildman–Crippen MR) is 63.0 cm³/mol. The van der Waals surface area contributed by atoms with E-state index in [1.165, 1.54) is 12.1 Å². The Bertz CT molecular complexity index is 374. The van der Waals surface area contributed by atoms with Crippen LogP contribution < -0.4 is 5.73 Å². The molecule has 2 nitrogen and oxygen atoms in total. The van der Waals surface area contributed by atoms with Crippen LogP contribution in [0.1, 0.15) is 42.6 Å². The minimum absolute atomic E-state index is 0.0227. The summed E-state index contributed by atoms with van der Waals surface area (Å²) in [5.74, 6) is -0.241.